The van der Waals surface area contributed by atoms with Crippen LogP contribution in [0.3, 0.4) is 0 Å². The first-order valence-corrected chi connectivity index (χ1v) is 5.73. The maximum atomic E-state index is 9.82. The molecule has 2 fully saturated rings. The summed E-state index contributed by atoms with van der Waals surface area (Å²) in [5.74, 6) is 0.595. The minimum Gasteiger partial charge on any atom is -0.392 e. The third kappa shape index (κ3) is 2.69. The molecule has 0 spiro atoms. The number of rotatable bonds is 4. The number of likely N-dealkylation sites (tertiary alicyclic amines) is 1. The van der Waals surface area contributed by atoms with Gasteiger partial charge in [0.1, 0.15) is 0 Å². The smallest absolute Gasteiger partial charge is 0.0698 e. The average molecular weight is 199 g/mol. The van der Waals surface area contributed by atoms with Crippen LogP contribution in [-0.2, 0) is 4.74 Å². The Morgan fingerprint density at radius 3 is 2.86 bits per heavy atom. The summed E-state index contributed by atoms with van der Waals surface area (Å²) in [7, 11) is 1.78. The van der Waals surface area contributed by atoms with Gasteiger partial charge in [-0.05, 0) is 38.1 Å². The van der Waals surface area contributed by atoms with Crippen molar-refractivity contribution in [3.05, 3.63) is 0 Å². The van der Waals surface area contributed by atoms with Crippen LogP contribution < -0.4 is 0 Å². The fourth-order valence-electron chi connectivity index (χ4n) is 2.27. The van der Waals surface area contributed by atoms with Gasteiger partial charge in [0.05, 0.1) is 12.2 Å². The van der Waals surface area contributed by atoms with Gasteiger partial charge in [-0.2, -0.15) is 0 Å². The molecule has 2 aliphatic rings. The third-order valence-corrected chi connectivity index (χ3v) is 3.41. The minimum atomic E-state index is -0.0920. The molecule has 2 rings (SSSR count). The second kappa shape index (κ2) is 4.60. The molecule has 0 radical (unpaired) electrons. The number of hydrogen-bond donors (Lipinski definition) is 1. The molecule has 1 heterocycles. The van der Waals surface area contributed by atoms with Gasteiger partial charge in [-0.15, -0.1) is 0 Å². The molecule has 1 aliphatic carbocycles. The zero-order valence-corrected chi connectivity index (χ0v) is 8.98. The van der Waals surface area contributed by atoms with Crippen LogP contribution in [0.25, 0.3) is 0 Å². The summed E-state index contributed by atoms with van der Waals surface area (Å²) >= 11 is 0. The van der Waals surface area contributed by atoms with Gasteiger partial charge in [-0.1, -0.05) is 0 Å². The lowest BCUT2D eigenvalue weighted by atomic mass is 10.1. The van der Waals surface area contributed by atoms with Gasteiger partial charge >= 0.3 is 0 Å². The molecule has 2 unspecified atom stereocenters. The van der Waals surface area contributed by atoms with Crippen molar-refractivity contribution in [3.63, 3.8) is 0 Å². The molecule has 0 aromatic carbocycles. The van der Waals surface area contributed by atoms with E-state index < -0.39 is 0 Å². The van der Waals surface area contributed by atoms with E-state index in [-0.39, 0.29) is 6.10 Å². The van der Waals surface area contributed by atoms with Crippen LogP contribution in [0.1, 0.15) is 25.7 Å². The molecule has 82 valence electrons. The van der Waals surface area contributed by atoms with Crippen LogP contribution in [0, 0.1) is 5.92 Å². The zero-order chi connectivity index (χ0) is 9.97. The highest BCUT2D eigenvalue weighted by atomic mass is 16.5. The molecule has 2 atom stereocenters. The molecule has 1 aliphatic heterocycles. The lowest BCUT2D eigenvalue weighted by Gasteiger charge is -2.33. The van der Waals surface area contributed by atoms with Crippen LogP contribution in [0.5, 0.6) is 0 Å². The Morgan fingerprint density at radius 1 is 1.43 bits per heavy atom. The largest absolute Gasteiger partial charge is 0.392 e. The Hall–Kier alpha value is -0.120. The number of nitrogens with zero attached hydrogens (tertiary/aromatic N) is 1. The third-order valence-electron chi connectivity index (χ3n) is 3.41. The quantitative estimate of drug-likeness (QED) is 0.729. The highest BCUT2D eigenvalue weighted by molar-refractivity contribution is 4.84. The maximum absolute atomic E-state index is 9.82. The van der Waals surface area contributed by atoms with Crippen molar-refractivity contribution >= 4 is 0 Å². The molecule has 0 aromatic rings. The summed E-state index contributed by atoms with van der Waals surface area (Å²) in [4.78, 5) is 2.35. The minimum absolute atomic E-state index is 0.0920. The molecule has 0 amide bonds. The Morgan fingerprint density at radius 2 is 2.21 bits per heavy atom. The molecule has 1 saturated carbocycles. The Kier molecular flexibility index (Phi) is 3.42. The Labute approximate surface area is 86.0 Å². The number of piperidine rings is 1. The second-order valence-corrected chi connectivity index (χ2v) is 4.66. The number of ether oxygens (including phenoxy) is 1. The topological polar surface area (TPSA) is 32.7 Å². The average Bonchev–Trinajstić information content (AvgIpc) is 3.01. The first-order chi connectivity index (χ1) is 6.79. The van der Waals surface area contributed by atoms with Gasteiger partial charge in [-0.25, -0.2) is 0 Å². The fraction of sp³-hybridized carbons (Fsp3) is 1.00. The summed E-state index contributed by atoms with van der Waals surface area (Å²) in [5.41, 5.74) is 0. The number of methoxy groups -OCH3 is 1. The molecule has 0 bridgehead atoms. The highest BCUT2D eigenvalue weighted by Crippen LogP contribution is 2.33. The van der Waals surface area contributed by atoms with Crippen molar-refractivity contribution in [2.24, 2.45) is 5.92 Å². The number of β-amino-alcohol motifs (C(OH)–C–C–N with tert-alkyl or cyclic N) is 1. The first kappa shape index (κ1) is 10.4. The molecule has 1 saturated heterocycles. The molecular formula is C11H21NO2. The maximum Gasteiger partial charge on any atom is 0.0698 e. The van der Waals surface area contributed by atoms with Gasteiger partial charge in [0.15, 0.2) is 0 Å². The van der Waals surface area contributed by atoms with E-state index in [0.29, 0.717) is 12.0 Å². The molecular weight excluding hydrogens is 178 g/mol. The first-order valence-electron chi connectivity index (χ1n) is 5.73. The van der Waals surface area contributed by atoms with Gasteiger partial charge in [0.25, 0.3) is 0 Å². The molecule has 0 aromatic heterocycles. The number of hydrogen-bond acceptors (Lipinski definition) is 3. The van der Waals surface area contributed by atoms with E-state index in [0.717, 1.165) is 19.6 Å². The lowest BCUT2D eigenvalue weighted by Crippen LogP contribution is -2.43. The van der Waals surface area contributed by atoms with Gasteiger partial charge in [0.2, 0.25) is 0 Å². The van der Waals surface area contributed by atoms with E-state index >= 15 is 0 Å². The predicted molar refractivity (Wildman–Crippen MR) is 55.2 cm³/mol. The summed E-state index contributed by atoms with van der Waals surface area (Å²) < 4.78 is 5.36. The van der Waals surface area contributed by atoms with Crippen molar-refractivity contribution in [3.8, 4) is 0 Å². The van der Waals surface area contributed by atoms with E-state index in [1.165, 1.54) is 25.7 Å². The Bertz CT molecular complexity index is 182. The van der Waals surface area contributed by atoms with Crippen LogP contribution >= 0.6 is 0 Å². The van der Waals surface area contributed by atoms with Crippen LogP contribution in [0.4, 0.5) is 0 Å². The van der Waals surface area contributed by atoms with Crippen molar-refractivity contribution in [1.29, 1.82) is 0 Å². The Balaban J connectivity index is 1.73. The monoisotopic (exact) mass is 199 g/mol. The summed E-state index contributed by atoms with van der Waals surface area (Å²) in [6.07, 6.45) is 5.12. The van der Waals surface area contributed by atoms with Crippen molar-refractivity contribution in [2.75, 3.05) is 26.7 Å². The second-order valence-electron chi connectivity index (χ2n) is 4.66. The standard InChI is InChI=1S/C11H21NO2/c1-14-10-3-2-6-12(7-10)8-11(13)9-4-5-9/h9-11,13H,2-8H2,1H3. The zero-order valence-electron chi connectivity index (χ0n) is 8.98. The normalized spacial score (nSPS) is 31.7. The van der Waals surface area contributed by atoms with Crippen LogP contribution in [-0.4, -0.2) is 49.0 Å². The van der Waals surface area contributed by atoms with E-state index in [2.05, 4.69) is 4.90 Å². The fourth-order valence-corrected chi connectivity index (χ4v) is 2.27. The highest BCUT2D eigenvalue weighted by Gasteiger charge is 2.31. The molecule has 3 nitrogen and oxygen atoms in total. The van der Waals surface area contributed by atoms with Gasteiger partial charge in [-0.3, -0.25) is 4.90 Å². The van der Waals surface area contributed by atoms with E-state index in [4.69, 9.17) is 4.74 Å². The summed E-state index contributed by atoms with van der Waals surface area (Å²) in [6, 6.07) is 0. The van der Waals surface area contributed by atoms with E-state index in [9.17, 15) is 5.11 Å². The predicted octanol–water partition coefficient (Wildman–Crippen LogP) is 0.868. The summed E-state index contributed by atoms with van der Waals surface area (Å²) in [5, 5.41) is 9.82. The SMILES string of the molecule is COC1CCCN(CC(O)C2CC2)C1. The summed E-state index contributed by atoms with van der Waals surface area (Å²) in [6.45, 7) is 2.98. The lowest BCUT2D eigenvalue weighted by molar-refractivity contribution is 0.00941. The molecule has 1 N–H and O–H groups in total. The van der Waals surface area contributed by atoms with Crippen molar-refractivity contribution < 1.29 is 9.84 Å². The molecule has 14 heavy (non-hydrogen) atoms. The molecule has 3 heteroatoms. The van der Waals surface area contributed by atoms with Crippen LogP contribution in [0.2, 0.25) is 0 Å². The van der Waals surface area contributed by atoms with Crippen molar-refractivity contribution in [1.82, 2.24) is 4.90 Å². The van der Waals surface area contributed by atoms with Crippen molar-refractivity contribution in [2.45, 2.75) is 37.9 Å². The number of aliphatic hydroxyl groups excluding tert-OH is 1. The van der Waals surface area contributed by atoms with Gasteiger partial charge in [0, 0.05) is 20.2 Å². The van der Waals surface area contributed by atoms with E-state index in [1.807, 2.05) is 0 Å². The van der Waals surface area contributed by atoms with Gasteiger partial charge < -0.3 is 9.84 Å². The number of aliphatic hydroxyl groups is 1. The van der Waals surface area contributed by atoms with E-state index in [1.54, 1.807) is 7.11 Å². The van der Waals surface area contributed by atoms with Crippen LogP contribution in [0.15, 0.2) is 0 Å².